The smallest absolute Gasteiger partial charge is 0.223 e. The Labute approximate surface area is 139 Å². The summed E-state index contributed by atoms with van der Waals surface area (Å²) in [4.78, 5) is 16.8. The lowest BCUT2D eigenvalue weighted by Gasteiger charge is -2.28. The van der Waals surface area contributed by atoms with E-state index in [9.17, 15) is 4.79 Å². The van der Waals surface area contributed by atoms with E-state index in [4.69, 9.17) is 4.74 Å². The first-order chi connectivity index (χ1) is 11.2. The van der Waals surface area contributed by atoms with Gasteiger partial charge in [0.05, 0.1) is 7.11 Å². The Morgan fingerprint density at radius 2 is 1.91 bits per heavy atom. The summed E-state index contributed by atoms with van der Waals surface area (Å²) in [6, 6.07) is 8.77. The van der Waals surface area contributed by atoms with E-state index in [2.05, 4.69) is 28.9 Å². The van der Waals surface area contributed by atoms with E-state index in [1.54, 1.807) is 7.11 Å². The zero-order valence-corrected chi connectivity index (χ0v) is 14.3. The number of methoxy groups -OCH3 is 1. The Morgan fingerprint density at radius 1 is 1.17 bits per heavy atom. The van der Waals surface area contributed by atoms with Gasteiger partial charge in [-0.3, -0.25) is 9.69 Å². The van der Waals surface area contributed by atoms with E-state index in [1.165, 1.54) is 18.4 Å². The molecule has 0 aromatic heterocycles. The van der Waals surface area contributed by atoms with Crippen molar-refractivity contribution < 1.29 is 9.53 Å². The largest absolute Gasteiger partial charge is 0.497 e. The second kappa shape index (κ2) is 7.35. The Bertz CT molecular complexity index is 525. The highest BCUT2D eigenvalue weighted by atomic mass is 16.5. The van der Waals surface area contributed by atoms with E-state index >= 15 is 0 Å². The third-order valence-electron chi connectivity index (χ3n) is 5.11. The topological polar surface area (TPSA) is 32.8 Å². The molecule has 2 aliphatic rings. The molecule has 0 radical (unpaired) electrons. The molecule has 1 aromatic carbocycles. The second-order valence-corrected chi connectivity index (χ2v) is 6.97. The predicted molar refractivity (Wildman–Crippen MR) is 91.7 cm³/mol. The van der Waals surface area contributed by atoms with Crippen molar-refractivity contribution in [1.29, 1.82) is 0 Å². The summed E-state index contributed by atoms with van der Waals surface area (Å²) in [5.41, 5.74) is 1.32. The third kappa shape index (κ3) is 4.47. The van der Waals surface area contributed by atoms with Crippen molar-refractivity contribution in [2.45, 2.75) is 38.6 Å². The molecule has 1 aromatic rings. The molecule has 4 heteroatoms. The standard InChI is InChI=1S/C19H28N2O2/c1-15(13-16-5-7-18(23-2)8-6-16)20-10-9-19(22)21(12-11-20)14-17-3-4-17/h5-8,15,17H,3-4,9-14H2,1-2H3. The average molecular weight is 316 g/mol. The van der Waals surface area contributed by atoms with Crippen LogP contribution in [0, 0.1) is 5.92 Å². The molecule has 1 unspecified atom stereocenters. The molecule has 0 N–H and O–H groups in total. The van der Waals surface area contributed by atoms with Crippen LogP contribution in [0.3, 0.4) is 0 Å². The molecule has 3 rings (SSSR count). The van der Waals surface area contributed by atoms with Gasteiger partial charge in [-0.15, -0.1) is 0 Å². The van der Waals surface area contributed by atoms with Gasteiger partial charge in [-0.25, -0.2) is 0 Å². The maximum absolute atomic E-state index is 12.3. The lowest BCUT2D eigenvalue weighted by Crippen LogP contribution is -2.38. The number of hydrogen-bond donors (Lipinski definition) is 0. The first kappa shape index (κ1) is 16.3. The average Bonchev–Trinajstić information content (AvgIpc) is 3.39. The van der Waals surface area contributed by atoms with Crippen LogP contribution in [0.4, 0.5) is 0 Å². The number of nitrogens with zero attached hydrogens (tertiary/aromatic N) is 2. The Morgan fingerprint density at radius 3 is 2.57 bits per heavy atom. The fourth-order valence-corrected chi connectivity index (χ4v) is 3.36. The van der Waals surface area contributed by atoms with Crippen molar-refractivity contribution in [1.82, 2.24) is 9.80 Å². The summed E-state index contributed by atoms with van der Waals surface area (Å²) in [6.07, 6.45) is 4.29. The Kier molecular flexibility index (Phi) is 5.21. The van der Waals surface area contributed by atoms with Crippen molar-refractivity contribution in [2.75, 3.05) is 33.3 Å². The van der Waals surface area contributed by atoms with Crippen molar-refractivity contribution in [3.05, 3.63) is 29.8 Å². The first-order valence-corrected chi connectivity index (χ1v) is 8.80. The Hall–Kier alpha value is -1.55. The van der Waals surface area contributed by atoms with E-state index < -0.39 is 0 Å². The van der Waals surface area contributed by atoms with Crippen molar-refractivity contribution in [2.24, 2.45) is 5.92 Å². The van der Waals surface area contributed by atoms with E-state index in [1.807, 2.05) is 12.1 Å². The quantitative estimate of drug-likeness (QED) is 0.809. The lowest BCUT2D eigenvalue weighted by molar-refractivity contribution is -0.130. The molecule has 1 aliphatic heterocycles. The van der Waals surface area contributed by atoms with Crippen LogP contribution in [-0.2, 0) is 11.2 Å². The first-order valence-electron chi connectivity index (χ1n) is 8.80. The van der Waals surface area contributed by atoms with Gasteiger partial charge in [0.15, 0.2) is 0 Å². The molecule has 1 heterocycles. The van der Waals surface area contributed by atoms with Crippen molar-refractivity contribution >= 4 is 5.91 Å². The SMILES string of the molecule is COc1ccc(CC(C)N2CCC(=O)N(CC3CC3)CC2)cc1. The number of ether oxygens (including phenoxy) is 1. The molecule has 1 aliphatic carbocycles. The Balaban J connectivity index is 1.54. The van der Waals surface area contributed by atoms with Crippen molar-refractivity contribution in [3.8, 4) is 5.75 Å². The number of hydrogen-bond acceptors (Lipinski definition) is 3. The van der Waals surface area contributed by atoms with Crippen LogP contribution in [0.1, 0.15) is 31.7 Å². The highest BCUT2D eigenvalue weighted by Crippen LogP contribution is 2.30. The maximum Gasteiger partial charge on any atom is 0.223 e. The molecule has 2 fully saturated rings. The minimum atomic E-state index is 0.344. The molecule has 1 saturated heterocycles. The van der Waals surface area contributed by atoms with Gasteiger partial charge >= 0.3 is 0 Å². The van der Waals surface area contributed by atoms with E-state index in [0.717, 1.165) is 44.3 Å². The van der Waals surface area contributed by atoms with E-state index in [0.29, 0.717) is 18.4 Å². The normalized spacial score (nSPS) is 21.1. The monoisotopic (exact) mass is 316 g/mol. The number of carbonyl (C=O) groups is 1. The fourth-order valence-electron chi connectivity index (χ4n) is 3.36. The third-order valence-corrected chi connectivity index (χ3v) is 5.11. The molecule has 1 amide bonds. The minimum Gasteiger partial charge on any atom is -0.497 e. The molecule has 4 nitrogen and oxygen atoms in total. The van der Waals surface area contributed by atoms with Gasteiger partial charge in [0.1, 0.15) is 5.75 Å². The summed E-state index contributed by atoms with van der Waals surface area (Å²) in [6.45, 7) is 6.03. The van der Waals surface area contributed by atoms with Gasteiger partial charge < -0.3 is 9.64 Å². The van der Waals surface area contributed by atoms with Gasteiger partial charge in [0.25, 0.3) is 0 Å². The number of carbonyl (C=O) groups excluding carboxylic acids is 1. The molecule has 126 valence electrons. The number of rotatable bonds is 6. The highest BCUT2D eigenvalue weighted by Gasteiger charge is 2.29. The lowest BCUT2D eigenvalue weighted by atomic mass is 10.1. The number of benzene rings is 1. The predicted octanol–water partition coefficient (Wildman–Crippen LogP) is 2.57. The molecular weight excluding hydrogens is 288 g/mol. The van der Waals surface area contributed by atoms with Crippen LogP contribution in [0.15, 0.2) is 24.3 Å². The highest BCUT2D eigenvalue weighted by molar-refractivity contribution is 5.76. The fraction of sp³-hybridized carbons (Fsp3) is 0.632. The van der Waals surface area contributed by atoms with Crippen LogP contribution < -0.4 is 4.74 Å². The van der Waals surface area contributed by atoms with Crippen LogP contribution in [-0.4, -0.2) is 55.0 Å². The second-order valence-electron chi connectivity index (χ2n) is 6.97. The molecule has 1 saturated carbocycles. The number of amides is 1. The zero-order chi connectivity index (χ0) is 16.2. The molecular formula is C19H28N2O2. The maximum atomic E-state index is 12.3. The van der Waals surface area contributed by atoms with E-state index in [-0.39, 0.29) is 0 Å². The van der Waals surface area contributed by atoms with Crippen LogP contribution >= 0.6 is 0 Å². The van der Waals surface area contributed by atoms with Gasteiger partial charge in [-0.1, -0.05) is 12.1 Å². The van der Waals surface area contributed by atoms with Crippen LogP contribution in [0.25, 0.3) is 0 Å². The van der Waals surface area contributed by atoms with Gasteiger partial charge in [0, 0.05) is 38.6 Å². The summed E-state index contributed by atoms with van der Waals surface area (Å²) in [5, 5.41) is 0. The molecule has 23 heavy (non-hydrogen) atoms. The molecule has 0 spiro atoms. The van der Waals surface area contributed by atoms with Crippen LogP contribution in [0.5, 0.6) is 5.75 Å². The molecule has 0 bridgehead atoms. The summed E-state index contributed by atoms with van der Waals surface area (Å²) in [7, 11) is 1.69. The zero-order valence-electron chi connectivity index (χ0n) is 14.3. The molecule has 1 atom stereocenters. The van der Waals surface area contributed by atoms with Crippen molar-refractivity contribution in [3.63, 3.8) is 0 Å². The summed E-state index contributed by atoms with van der Waals surface area (Å²) in [5.74, 6) is 2.02. The van der Waals surface area contributed by atoms with Gasteiger partial charge in [0.2, 0.25) is 5.91 Å². The minimum absolute atomic E-state index is 0.344. The van der Waals surface area contributed by atoms with Crippen LogP contribution in [0.2, 0.25) is 0 Å². The van der Waals surface area contributed by atoms with Gasteiger partial charge in [-0.2, -0.15) is 0 Å². The summed E-state index contributed by atoms with van der Waals surface area (Å²) >= 11 is 0. The summed E-state index contributed by atoms with van der Waals surface area (Å²) < 4.78 is 5.21. The van der Waals surface area contributed by atoms with Gasteiger partial charge in [-0.05, 0) is 49.8 Å².